The topological polar surface area (TPSA) is 40.5 Å². The van der Waals surface area contributed by atoms with Gasteiger partial charge in [-0.25, -0.2) is 0 Å². The van der Waals surface area contributed by atoms with E-state index >= 15 is 0 Å². The number of rotatable bonds is 8. The molecule has 0 aromatic heterocycles. The molecule has 0 spiro atoms. The van der Waals surface area contributed by atoms with Gasteiger partial charge < -0.3 is 27.2 Å². The van der Waals surface area contributed by atoms with Crippen LogP contribution in [0.25, 0.3) is 0 Å². The Bertz CT molecular complexity index is 913. The summed E-state index contributed by atoms with van der Waals surface area (Å²) in [5, 5.41) is 24.2. The molecular weight excluding hydrogens is 479 g/mol. The Morgan fingerprint density at radius 3 is 1.53 bits per heavy atom. The maximum atomic E-state index is 10.1. The van der Waals surface area contributed by atoms with E-state index in [1.807, 2.05) is 13.0 Å². The fourth-order valence-electron chi connectivity index (χ4n) is 3.64. The van der Waals surface area contributed by atoms with E-state index in [4.69, 9.17) is 0 Å². The quantitative estimate of drug-likeness (QED) is 0.357. The Morgan fingerprint density at radius 2 is 1.19 bits per heavy atom. The largest absolute Gasteiger partial charge is 1.00 e. The molecule has 0 unspecified atom stereocenters. The average molecular weight is 511 g/mol. The molecule has 2 N–H and O–H groups in total. The summed E-state index contributed by atoms with van der Waals surface area (Å²) in [6, 6.07) is 32.3. The third-order valence-electron chi connectivity index (χ3n) is 5.54. The van der Waals surface area contributed by atoms with Crippen LogP contribution in [-0.2, 0) is 0 Å². The van der Waals surface area contributed by atoms with Crippen LogP contribution in [0.5, 0.6) is 0 Å². The van der Waals surface area contributed by atoms with E-state index in [0.717, 1.165) is 11.7 Å². The predicted octanol–water partition coefficient (Wildman–Crippen LogP) is 1.62. The van der Waals surface area contributed by atoms with Gasteiger partial charge in [-0.05, 0) is 63.2 Å². The summed E-state index contributed by atoms with van der Waals surface area (Å²) in [6.07, 6.45) is 5.79. The van der Waals surface area contributed by atoms with Crippen molar-refractivity contribution in [2.75, 3.05) is 6.16 Å². The molecule has 0 aliphatic heterocycles. The summed E-state index contributed by atoms with van der Waals surface area (Å²) < 4.78 is 0. The highest BCUT2D eigenvalue weighted by Crippen LogP contribution is 2.55. The number of aliphatic hydroxyl groups is 2. The van der Waals surface area contributed by atoms with Gasteiger partial charge in [0.2, 0.25) is 0 Å². The summed E-state index contributed by atoms with van der Waals surface area (Å²) in [5.74, 6) is 0. The molecule has 1 atom stereocenters. The fourth-order valence-corrected chi connectivity index (χ4v) is 7.77. The molecule has 2 nitrogen and oxygen atoms in total. The molecule has 168 valence electrons. The number of hydrogen-bond donors (Lipinski definition) is 2. The molecule has 0 bridgehead atoms. The van der Waals surface area contributed by atoms with Crippen LogP contribution in [-0.4, -0.2) is 28.1 Å². The maximum absolute atomic E-state index is 10.1. The van der Waals surface area contributed by atoms with Gasteiger partial charge in [0.25, 0.3) is 0 Å². The summed E-state index contributed by atoms with van der Waals surface area (Å²) in [6.45, 7) is 5.26. The summed E-state index contributed by atoms with van der Waals surface area (Å²) in [4.78, 5) is 0. The van der Waals surface area contributed by atoms with E-state index in [2.05, 4.69) is 97.1 Å². The first-order chi connectivity index (χ1) is 14.8. The molecule has 0 aliphatic carbocycles. The highest BCUT2D eigenvalue weighted by atomic mass is 79.9. The van der Waals surface area contributed by atoms with Gasteiger partial charge in [-0.1, -0.05) is 72.3 Å². The van der Waals surface area contributed by atoms with Gasteiger partial charge in [-0.2, -0.15) is 0 Å². The maximum Gasteiger partial charge on any atom is 0.115 e. The minimum atomic E-state index is -1.91. The Labute approximate surface area is 203 Å². The van der Waals surface area contributed by atoms with Gasteiger partial charge in [0.15, 0.2) is 0 Å². The van der Waals surface area contributed by atoms with Crippen molar-refractivity contribution >= 4 is 23.2 Å². The van der Waals surface area contributed by atoms with Crippen LogP contribution in [0.3, 0.4) is 0 Å². The molecule has 0 saturated heterocycles. The zero-order valence-electron chi connectivity index (χ0n) is 18.9. The average Bonchev–Trinajstić information content (AvgIpc) is 2.79. The first-order valence-corrected chi connectivity index (χ1v) is 12.6. The molecule has 3 aromatic carbocycles. The lowest BCUT2D eigenvalue weighted by molar-refractivity contribution is -0.0226. The standard InChI is InChI=1S/C28H32O2P.BrH/c1-23(19-20-27(29)28(2,3)30)21-22-31(24-13-7-4-8-14-24,25-15-9-5-10-16-25)26-17-11-6-12-18-26;/h4-21,27,29-30H,22H2,1-3H3;1H/q+1;/p-1/b20-19+,23-21+;/t27-;/m1./s1. The van der Waals surface area contributed by atoms with E-state index < -0.39 is 19.0 Å². The van der Waals surface area contributed by atoms with Crippen LogP contribution < -0.4 is 32.9 Å². The highest BCUT2D eigenvalue weighted by molar-refractivity contribution is 7.95. The molecule has 0 radical (unpaired) electrons. The van der Waals surface area contributed by atoms with E-state index in [9.17, 15) is 10.2 Å². The fraction of sp³-hybridized carbons (Fsp3) is 0.214. The van der Waals surface area contributed by atoms with Gasteiger partial charge in [-0.3, -0.25) is 0 Å². The normalized spacial score (nSPS) is 13.6. The summed E-state index contributed by atoms with van der Waals surface area (Å²) >= 11 is 0. The third-order valence-corrected chi connectivity index (χ3v) is 9.81. The Hall–Kier alpha value is -2.03. The predicted molar refractivity (Wildman–Crippen MR) is 135 cm³/mol. The second kappa shape index (κ2) is 11.7. The Kier molecular flexibility index (Phi) is 9.61. The van der Waals surface area contributed by atoms with Crippen molar-refractivity contribution in [3.8, 4) is 0 Å². The van der Waals surface area contributed by atoms with Crippen molar-refractivity contribution in [3.63, 3.8) is 0 Å². The molecule has 32 heavy (non-hydrogen) atoms. The smallest absolute Gasteiger partial charge is 0.115 e. The van der Waals surface area contributed by atoms with Gasteiger partial charge in [-0.15, -0.1) is 0 Å². The van der Waals surface area contributed by atoms with Crippen molar-refractivity contribution in [2.45, 2.75) is 32.5 Å². The number of allylic oxidation sites excluding steroid dienone is 3. The van der Waals surface area contributed by atoms with Gasteiger partial charge >= 0.3 is 0 Å². The summed E-state index contributed by atoms with van der Waals surface area (Å²) in [5.41, 5.74) is -0.0958. The van der Waals surface area contributed by atoms with Crippen molar-refractivity contribution in [2.24, 2.45) is 0 Å². The Balaban J connectivity index is 0.00000363. The zero-order chi connectivity index (χ0) is 22.3. The first-order valence-electron chi connectivity index (χ1n) is 10.6. The second-order valence-electron chi connectivity index (χ2n) is 8.40. The van der Waals surface area contributed by atoms with Crippen LogP contribution in [0.4, 0.5) is 0 Å². The van der Waals surface area contributed by atoms with Crippen LogP contribution in [0.1, 0.15) is 20.8 Å². The zero-order valence-corrected chi connectivity index (χ0v) is 21.4. The van der Waals surface area contributed by atoms with Gasteiger partial charge in [0.05, 0.1) is 11.8 Å². The molecular formula is C28H32BrO2P. The molecule has 0 saturated carbocycles. The minimum Gasteiger partial charge on any atom is -1.00 e. The molecule has 0 fully saturated rings. The van der Waals surface area contributed by atoms with E-state index in [0.29, 0.717) is 0 Å². The molecule has 3 rings (SSSR count). The van der Waals surface area contributed by atoms with Gasteiger partial charge in [0, 0.05) is 0 Å². The summed E-state index contributed by atoms with van der Waals surface area (Å²) in [7, 11) is -1.91. The number of hydrogen-bond acceptors (Lipinski definition) is 2. The van der Waals surface area contributed by atoms with E-state index in [-0.39, 0.29) is 17.0 Å². The minimum absolute atomic E-state index is 0. The molecule has 0 heterocycles. The molecule has 4 heteroatoms. The first kappa shape index (κ1) is 26.2. The lowest BCUT2D eigenvalue weighted by atomic mass is 10.0. The van der Waals surface area contributed by atoms with E-state index in [1.54, 1.807) is 19.9 Å². The van der Waals surface area contributed by atoms with Crippen molar-refractivity contribution in [3.05, 3.63) is 115 Å². The van der Waals surface area contributed by atoms with Crippen LogP contribution in [0.15, 0.2) is 115 Å². The monoisotopic (exact) mass is 510 g/mol. The number of benzene rings is 3. The second-order valence-corrected chi connectivity index (χ2v) is 11.9. The Morgan fingerprint density at radius 1 is 0.812 bits per heavy atom. The lowest BCUT2D eigenvalue weighted by Gasteiger charge is -2.26. The van der Waals surface area contributed by atoms with Crippen LogP contribution in [0, 0.1) is 0 Å². The van der Waals surface area contributed by atoms with Crippen LogP contribution in [0.2, 0.25) is 0 Å². The third kappa shape index (κ3) is 6.27. The number of aliphatic hydroxyl groups excluding tert-OH is 1. The molecule has 0 amide bonds. The highest BCUT2D eigenvalue weighted by Gasteiger charge is 2.44. The molecule has 3 aromatic rings. The van der Waals surface area contributed by atoms with Crippen molar-refractivity contribution in [1.82, 2.24) is 0 Å². The SMILES string of the molecule is CC(/C=C/[C@@H](O)C(C)(C)O)=C\C[P+](c1ccccc1)(c1ccccc1)c1ccccc1.[Br-]. The molecule has 0 aliphatic rings. The van der Waals surface area contributed by atoms with Crippen molar-refractivity contribution < 1.29 is 27.2 Å². The number of halogens is 1. The van der Waals surface area contributed by atoms with Crippen LogP contribution >= 0.6 is 7.26 Å². The van der Waals surface area contributed by atoms with E-state index in [1.165, 1.54) is 15.9 Å². The van der Waals surface area contributed by atoms with Gasteiger partial charge in [0.1, 0.15) is 29.3 Å². The lowest BCUT2D eigenvalue weighted by Crippen LogP contribution is -3.00. The van der Waals surface area contributed by atoms with Crippen molar-refractivity contribution in [1.29, 1.82) is 0 Å².